The monoisotopic (exact) mass is 259 g/mol. The van der Waals surface area contributed by atoms with E-state index in [1.807, 2.05) is 31.3 Å². The predicted molar refractivity (Wildman–Crippen MR) is 72.2 cm³/mol. The lowest BCUT2D eigenvalue weighted by Gasteiger charge is -2.19. The number of nitrogens with zero attached hydrogens (tertiary/aromatic N) is 3. The van der Waals surface area contributed by atoms with Crippen LogP contribution in [0.1, 0.15) is 17.3 Å². The molecule has 1 N–H and O–H groups in total. The quantitative estimate of drug-likeness (QED) is 0.881. The minimum Gasteiger partial charge on any atom is -0.395 e. The Morgan fingerprint density at radius 2 is 2.11 bits per heavy atom. The fraction of sp³-hybridized carbons (Fsp3) is 0.286. The fourth-order valence-electron chi connectivity index (χ4n) is 1.88. The Bertz CT molecular complexity index is 520. The van der Waals surface area contributed by atoms with Gasteiger partial charge in [-0.25, -0.2) is 4.68 Å². The molecular formula is C14H17N3O2. The molecule has 0 saturated heterocycles. The first-order valence-electron chi connectivity index (χ1n) is 6.26. The summed E-state index contributed by atoms with van der Waals surface area (Å²) in [7, 11) is 0. The zero-order valence-corrected chi connectivity index (χ0v) is 10.9. The Morgan fingerprint density at radius 1 is 1.37 bits per heavy atom. The van der Waals surface area contributed by atoms with Crippen molar-refractivity contribution in [2.75, 3.05) is 19.7 Å². The summed E-state index contributed by atoms with van der Waals surface area (Å²) < 4.78 is 1.74. The first-order valence-corrected chi connectivity index (χ1v) is 6.26. The van der Waals surface area contributed by atoms with Crippen molar-refractivity contribution in [2.45, 2.75) is 6.92 Å². The van der Waals surface area contributed by atoms with Gasteiger partial charge in [-0.2, -0.15) is 5.10 Å². The van der Waals surface area contributed by atoms with E-state index in [1.165, 1.54) is 0 Å². The maximum Gasteiger partial charge on any atom is 0.253 e. The minimum absolute atomic E-state index is 0.0229. The van der Waals surface area contributed by atoms with E-state index in [0.29, 0.717) is 18.7 Å². The highest BCUT2D eigenvalue weighted by atomic mass is 16.3. The number of hydrogen-bond acceptors (Lipinski definition) is 3. The van der Waals surface area contributed by atoms with Gasteiger partial charge in [0.25, 0.3) is 5.91 Å². The molecule has 2 rings (SSSR count). The van der Waals surface area contributed by atoms with Crippen molar-refractivity contribution in [3.63, 3.8) is 0 Å². The number of carbonyl (C=O) groups excluding carboxylic acids is 1. The number of amides is 1. The Kier molecular flexibility index (Phi) is 4.30. The lowest BCUT2D eigenvalue weighted by atomic mass is 10.2. The normalized spacial score (nSPS) is 10.4. The summed E-state index contributed by atoms with van der Waals surface area (Å²) in [5.74, 6) is -0.0661. The number of aromatic nitrogens is 2. The molecule has 0 atom stereocenters. The number of aliphatic hydroxyl groups is 1. The van der Waals surface area contributed by atoms with Crippen LogP contribution in [0, 0.1) is 0 Å². The molecule has 0 saturated carbocycles. The maximum atomic E-state index is 12.2. The van der Waals surface area contributed by atoms with Gasteiger partial charge in [-0.15, -0.1) is 0 Å². The summed E-state index contributed by atoms with van der Waals surface area (Å²) in [5, 5.41) is 13.1. The van der Waals surface area contributed by atoms with E-state index < -0.39 is 0 Å². The number of benzene rings is 1. The van der Waals surface area contributed by atoms with Crippen molar-refractivity contribution in [3.05, 3.63) is 48.3 Å². The third-order valence-electron chi connectivity index (χ3n) is 2.92. The highest BCUT2D eigenvalue weighted by Gasteiger charge is 2.13. The molecule has 0 aliphatic carbocycles. The molecule has 0 spiro atoms. The molecule has 1 amide bonds. The third-order valence-corrected chi connectivity index (χ3v) is 2.92. The molecule has 19 heavy (non-hydrogen) atoms. The molecule has 1 aromatic carbocycles. The standard InChI is InChI=1S/C14H17N3O2/c1-2-16(10-11-18)14(19)12-4-6-13(7-5-12)17-9-3-8-15-17/h3-9,18H,2,10-11H2,1H3. The largest absolute Gasteiger partial charge is 0.395 e. The molecule has 0 fully saturated rings. The number of likely N-dealkylation sites (N-methyl/N-ethyl adjacent to an activating group) is 1. The second kappa shape index (κ2) is 6.15. The van der Waals surface area contributed by atoms with Crippen LogP contribution in [0.2, 0.25) is 0 Å². The van der Waals surface area contributed by atoms with E-state index in [4.69, 9.17) is 5.11 Å². The Morgan fingerprint density at radius 3 is 2.63 bits per heavy atom. The molecule has 1 heterocycles. The molecule has 5 nitrogen and oxygen atoms in total. The summed E-state index contributed by atoms with van der Waals surface area (Å²) >= 11 is 0. The van der Waals surface area contributed by atoms with Gasteiger partial charge in [-0.1, -0.05) is 0 Å². The van der Waals surface area contributed by atoms with Crippen molar-refractivity contribution in [3.8, 4) is 5.69 Å². The van der Waals surface area contributed by atoms with Gasteiger partial charge in [-0.3, -0.25) is 4.79 Å². The molecule has 0 aliphatic heterocycles. The molecule has 1 aromatic heterocycles. The molecule has 0 aliphatic rings. The van der Waals surface area contributed by atoms with Crippen LogP contribution in [0.25, 0.3) is 5.69 Å². The molecular weight excluding hydrogens is 242 g/mol. The first kappa shape index (κ1) is 13.3. The van der Waals surface area contributed by atoms with Crippen molar-refractivity contribution >= 4 is 5.91 Å². The highest BCUT2D eigenvalue weighted by molar-refractivity contribution is 5.94. The Balaban J connectivity index is 2.16. The van der Waals surface area contributed by atoms with E-state index in [2.05, 4.69) is 5.10 Å². The molecule has 0 bridgehead atoms. The van der Waals surface area contributed by atoms with Crippen molar-refractivity contribution < 1.29 is 9.90 Å². The van der Waals surface area contributed by atoms with Gasteiger partial charge in [0.2, 0.25) is 0 Å². The number of carbonyl (C=O) groups is 1. The predicted octanol–water partition coefficient (Wildman–Crippen LogP) is 1.33. The van der Waals surface area contributed by atoms with Gasteiger partial charge in [-0.05, 0) is 37.3 Å². The van der Waals surface area contributed by atoms with Gasteiger partial charge in [0, 0.05) is 31.0 Å². The van der Waals surface area contributed by atoms with Crippen LogP contribution >= 0.6 is 0 Å². The zero-order chi connectivity index (χ0) is 13.7. The number of hydrogen-bond donors (Lipinski definition) is 1. The summed E-state index contributed by atoms with van der Waals surface area (Å²) in [6.07, 6.45) is 3.56. The second-order valence-corrected chi connectivity index (χ2v) is 4.11. The van der Waals surface area contributed by atoms with E-state index in [9.17, 15) is 4.79 Å². The smallest absolute Gasteiger partial charge is 0.253 e. The van der Waals surface area contributed by atoms with E-state index in [0.717, 1.165) is 5.69 Å². The Hall–Kier alpha value is -2.14. The SMILES string of the molecule is CCN(CCO)C(=O)c1ccc(-n2cccn2)cc1. The molecule has 2 aromatic rings. The lowest BCUT2D eigenvalue weighted by Crippen LogP contribution is -2.33. The van der Waals surface area contributed by atoms with Gasteiger partial charge in [0.05, 0.1) is 12.3 Å². The number of aliphatic hydroxyl groups excluding tert-OH is 1. The maximum absolute atomic E-state index is 12.2. The minimum atomic E-state index is -0.0661. The highest BCUT2D eigenvalue weighted by Crippen LogP contribution is 2.10. The zero-order valence-electron chi connectivity index (χ0n) is 10.9. The number of rotatable bonds is 5. The Labute approximate surface area is 112 Å². The van der Waals surface area contributed by atoms with E-state index >= 15 is 0 Å². The van der Waals surface area contributed by atoms with Gasteiger partial charge in [0.15, 0.2) is 0 Å². The van der Waals surface area contributed by atoms with Crippen molar-refractivity contribution in [1.82, 2.24) is 14.7 Å². The van der Waals surface area contributed by atoms with Gasteiger partial charge in [0.1, 0.15) is 0 Å². The third kappa shape index (κ3) is 3.00. The van der Waals surface area contributed by atoms with Crippen LogP contribution < -0.4 is 0 Å². The molecule has 0 unspecified atom stereocenters. The van der Waals surface area contributed by atoms with Crippen LogP contribution in [0.15, 0.2) is 42.7 Å². The topological polar surface area (TPSA) is 58.4 Å². The summed E-state index contributed by atoms with van der Waals surface area (Å²) in [6.45, 7) is 2.81. The average molecular weight is 259 g/mol. The van der Waals surface area contributed by atoms with Gasteiger partial charge >= 0.3 is 0 Å². The van der Waals surface area contributed by atoms with E-state index in [1.54, 1.807) is 27.9 Å². The first-order chi connectivity index (χ1) is 9.26. The van der Waals surface area contributed by atoms with Crippen LogP contribution in [0.4, 0.5) is 0 Å². The molecule has 5 heteroatoms. The fourth-order valence-corrected chi connectivity index (χ4v) is 1.88. The molecule has 100 valence electrons. The second-order valence-electron chi connectivity index (χ2n) is 4.11. The van der Waals surface area contributed by atoms with Crippen molar-refractivity contribution in [2.24, 2.45) is 0 Å². The molecule has 0 radical (unpaired) electrons. The van der Waals surface area contributed by atoms with Crippen LogP contribution in [-0.2, 0) is 0 Å². The summed E-state index contributed by atoms with van der Waals surface area (Å²) in [6, 6.07) is 9.11. The average Bonchev–Trinajstić information content (AvgIpc) is 2.98. The van der Waals surface area contributed by atoms with Crippen LogP contribution in [0.3, 0.4) is 0 Å². The van der Waals surface area contributed by atoms with Crippen molar-refractivity contribution in [1.29, 1.82) is 0 Å². The van der Waals surface area contributed by atoms with E-state index in [-0.39, 0.29) is 12.5 Å². The lowest BCUT2D eigenvalue weighted by molar-refractivity contribution is 0.0732. The summed E-state index contributed by atoms with van der Waals surface area (Å²) in [5.41, 5.74) is 1.53. The summed E-state index contributed by atoms with van der Waals surface area (Å²) in [4.78, 5) is 13.8. The van der Waals surface area contributed by atoms with Crippen LogP contribution in [0.5, 0.6) is 0 Å². The van der Waals surface area contributed by atoms with Crippen LogP contribution in [-0.4, -0.2) is 45.4 Å². The van der Waals surface area contributed by atoms with Gasteiger partial charge < -0.3 is 10.0 Å².